The molecule has 1 unspecified atom stereocenters. The van der Waals surface area contributed by atoms with Gasteiger partial charge in [-0.05, 0) is 29.3 Å². The number of hydrogen-bond donors (Lipinski definition) is 1. The van der Waals surface area contributed by atoms with Gasteiger partial charge < -0.3 is 5.32 Å². The minimum absolute atomic E-state index is 0.216. The third-order valence-corrected chi connectivity index (χ3v) is 4.10. The molecule has 2 aromatic rings. The number of anilines is 1. The van der Waals surface area contributed by atoms with Crippen LogP contribution in [-0.2, 0) is 12.6 Å². The van der Waals surface area contributed by atoms with Crippen molar-refractivity contribution in [2.24, 2.45) is 0 Å². The van der Waals surface area contributed by atoms with E-state index in [1.165, 1.54) is 12.1 Å². The van der Waals surface area contributed by atoms with Crippen LogP contribution in [0.15, 0.2) is 36.4 Å². The lowest BCUT2D eigenvalue weighted by molar-refractivity contribution is -0.138. The normalized spacial score (nSPS) is 17.5. The highest BCUT2D eigenvalue weighted by Crippen LogP contribution is 2.43. The van der Waals surface area contributed by atoms with Crippen LogP contribution in [-0.4, -0.2) is 0 Å². The molecule has 6 heteroatoms. The van der Waals surface area contributed by atoms with Crippen LogP contribution in [0.3, 0.4) is 0 Å². The number of fused-ring (bicyclic) bond motifs is 1. The van der Waals surface area contributed by atoms with Crippen LogP contribution in [0, 0.1) is 0 Å². The molecule has 0 amide bonds. The number of nitrogens with one attached hydrogen (secondary N) is 1. The Kier molecular flexibility index (Phi) is 3.54. The Morgan fingerprint density at radius 3 is 2.52 bits per heavy atom. The van der Waals surface area contributed by atoms with Crippen LogP contribution in [0.4, 0.5) is 18.9 Å². The average molecular weight is 332 g/mol. The molecule has 1 N–H and O–H groups in total. The largest absolute Gasteiger partial charge is 0.416 e. The van der Waals surface area contributed by atoms with Crippen molar-refractivity contribution < 1.29 is 13.2 Å². The molecule has 0 saturated heterocycles. The first-order valence-corrected chi connectivity index (χ1v) is 7.02. The van der Waals surface area contributed by atoms with E-state index in [0.29, 0.717) is 22.2 Å². The fourth-order valence-electron chi connectivity index (χ4n) is 2.63. The topological polar surface area (TPSA) is 12.0 Å². The van der Waals surface area contributed by atoms with Gasteiger partial charge in [-0.3, -0.25) is 0 Å². The minimum atomic E-state index is -4.38. The summed E-state index contributed by atoms with van der Waals surface area (Å²) in [5, 5.41) is 4.00. The van der Waals surface area contributed by atoms with Crippen molar-refractivity contribution in [2.45, 2.75) is 18.6 Å². The van der Waals surface area contributed by atoms with E-state index >= 15 is 0 Å². The van der Waals surface area contributed by atoms with Gasteiger partial charge in [-0.15, -0.1) is 0 Å². The number of rotatable bonds is 1. The molecule has 1 atom stereocenters. The fraction of sp³-hybridized carbons (Fsp3) is 0.200. The lowest BCUT2D eigenvalue weighted by atomic mass is 9.97. The maximum atomic E-state index is 13.1. The van der Waals surface area contributed by atoms with E-state index in [1.54, 1.807) is 18.2 Å². The molecule has 1 aliphatic rings. The van der Waals surface area contributed by atoms with Crippen LogP contribution >= 0.6 is 23.2 Å². The SMILES string of the molecule is FC(F)(F)c1ccccc1C1Cc2c(Cl)cc(Cl)cc2N1. The number of halogens is 5. The summed E-state index contributed by atoms with van der Waals surface area (Å²) in [4.78, 5) is 0. The highest BCUT2D eigenvalue weighted by molar-refractivity contribution is 6.35. The molecule has 0 aromatic heterocycles. The van der Waals surface area contributed by atoms with E-state index in [-0.39, 0.29) is 5.56 Å². The first-order chi connectivity index (χ1) is 9.86. The smallest absolute Gasteiger partial charge is 0.378 e. The zero-order chi connectivity index (χ0) is 15.2. The van der Waals surface area contributed by atoms with Gasteiger partial charge in [0.2, 0.25) is 0 Å². The van der Waals surface area contributed by atoms with E-state index in [0.717, 1.165) is 11.6 Å². The van der Waals surface area contributed by atoms with Gasteiger partial charge >= 0.3 is 6.18 Å². The number of benzene rings is 2. The second kappa shape index (κ2) is 5.11. The maximum absolute atomic E-state index is 13.1. The Bertz CT molecular complexity index is 698. The molecule has 0 bridgehead atoms. The highest BCUT2D eigenvalue weighted by Gasteiger charge is 2.36. The first-order valence-electron chi connectivity index (χ1n) is 6.27. The Morgan fingerprint density at radius 2 is 1.81 bits per heavy atom. The lowest BCUT2D eigenvalue weighted by Gasteiger charge is -2.18. The fourth-order valence-corrected chi connectivity index (χ4v) is 3.20. The summed E-state index contributed by atoms with van der Waals surface area (Å²) in [6, 6.07) is 8.38. The molecule has 1 heterocycles. The molecular formula is C15H10Cl2F3N. The summed E-state index contributed by atoms with van der Waals surface area (Å²) in [6.45, 7) is 0. The van der Waals surface area contributed by atoms with Crippen LogP contribution in [0.1, 0.15) is 22.7 Å². The minimum Gasteiger partial charge on any atom is -0.378 e. The van der Waals surface area contributed by atoms with Crippen molar-refractivity contribution in [1.29, 1.82) is 0 Å². The van der Waals surface area contributed by atoms with Gasteiger partial charge in [0, 0.05) is 22.2 Å². The highest BCUT2D eigenvalue weighted by atomic mass is 35.5. The predicted octanol–water partition coefficient (Wildman–Crippen LogP) is 5.72. The van der Waals surface area contributed by atoms with Gasteiger partial charge in [0.25, 0.3) is 0 Å². The average Bonchev–Trinajstić information content (AvgIpc) is 2.81. The molecule has 21 heavy (non-hydrogen) atoms. The van der Waals surface area contributed by atoms with Crippen LogP contribution in [0.2, 0.25) is 10.0 Å². The molecule has 1 nitrogen and oxygen atoms in total. The van der Waals surface area contributed by atoms with E-state index in [1.807, 2.05) is 0 Å². The van der Waals surface area contributed by atoms with Gasteiger partial charge in [0.15, 0.2) is 0 Å². The standard InChI is InChI=1S/C15H10Cl2F3N/c16-8-5-12(17)10-7-14(21-13(10)6-8)9-3-1-2-4-11(9)15(18,19)20/h1-6,14,21H,7H2. The zero-order valence-corrected chi connectivity index (χ0v) is 12.2. The van der Waals surface area contributed by atoms with Crippen molar-refractivity contribution in [3.8, 4) is 0 Å². The molecule has 110 valence electrons. The Hall–Kier alpha value is -1.39. The summed E-state index contributed by atoms with van der Waals surface area (Å²) >= 11 is 12.0. The molecule has 3 rings (SSSR count). The quantitative estimate of drug-likeness (QED) is 0.704. The van der Waals surface area contributed by atoms with Gasteiger partial charge in [-0.25, -0.2) is 0 Å². The van der Waals surface area contributed by atoms with E-state index in [2.05, 4.69) is 5.32 Å². The summed E-state index contributed by atoms with van der Waals surface area (Å²) in [5.74, 6) is 0. The summed E-state index contributed by atoms with van der Waals surface area (Å²) in [6.07, 6.45) is -3.98. The molecular weight excluding hydrogens is 322 g/mol. The van der Waals surface area contributed by atoms with Crippen molar-refractivity contribution in [2.75, 3.05) is 5.32 Å². The second-order valence-corrected chi connectivity index (χ2v) is 5.74. The monoisotopic (exact) mass is 331 g/mol. The van der Waals surface area contributed by atoms with Crippen molar-refractivity contribution in [3.05, 3.63) is 63.1 Å². The maximum Gasteiger partial charge on any atom is 0.416 e. The molecule has 0 spiro atoms. The molecule has 0 fully saturated rings. The molecule has 0 aliphatic carbocycles. The number of hydrogen-bond acceptors (Lipinski definition) is 1. The summed E-state index contributed by atoms with van der Waals surface area (Å²) in [5.41, 5.74) is 1.07. The third-order valence-electron chi connectivity index (χ3n) is 3.54. The first kappa shape index (κ1) is 14.5. The Morgan fingerprint density at radius 1 is 1.10 bits per heavy atom. The molecule has 0 saturated carbocycles. The van der Waals surface area contributed by atoms with Gasteiger partial charge in [0.1, 0.15) is 0 Å². The Labute approximate surface area is 129 Å². The van der Waals surface area contributed by atoms with E-state index in [4.69, 9.17) is 23.2 Å². The second-order valence-electron chi connectivity index (χ2n) is 4.90. The van der Waals surface area contributed by atoms with Crippen LogP contribution in [0.5, 0.6) is 0 Å². The third kappa shape index (κ3) is 2.70. The lowest BCUT2D eigenvalue weighted by Crippen LogP contribution is -2.15. The molecule has 1 aliphatic heterocycles. The number of alkyl halides is 3. The Balaban J connectivity index is 2.01. The predicted molar refractivity (Wildman–Crippen MR) is 78.0 cm³/mol. The van der Waals surface area contributed by atoms with Gasteiger partial charge in [0.05, 0.1) is 11.6 Å². The molecule has 0 radical (unpaired) electrons. The zero-order valence-electron chi connectivity index (χ0n) is 10.6. The molecule has 2 aromatic carbocycles. The van der Waals surface area contributed by atoms with Gasteiger partial charge in [-0.2, -0.15) is 13.2 Å². The van der Waals surface area contributed by atoms with Crippen molar-refractivity contribution in [1.82, 2.24) is 0 Å². The van der Waals surface area contributed by atoms with Crippen LogP contribution < -0.4 is 5.32 Å². The van der Waals surface area contributed by atoms with Crippen molar-refractivity contribution in [3.63, 3.8) is 0 Å². The summed E-state index contributed by atoms with van der Waals surface area (Å²) < 4.78 is 39.3. The van der Waals surface area contributed by atoms with E-state index in [9.17, 15) is 13.2 Å². The van der Waals surface area contributed by atoms with Crippen LogP contribution in [0.25, 0.3) is 0 Å². The van der Waals surface area contributed by atoms with E-state index < -0.39 is 17.8 Å². The summed E-state index contributed by atoms with van der Waals surface area (Å²) in [7, 11) is 0. The van der Waals surface area contributed by atoms with Gasteiger partial charge in [-0.1, -0.05) is 41.4 Å². The van der Waals surface area contributed by atoms with Crippen molar-refractivity contribution >= 4 is 28.9 Å².